The predicted octanol–water partition coefficient (Wildman–Crippen LogP) is 2.68. The molecule has 1 unspecified atom stereocenters. The van der Waals surface area contributed by atoms with Crippen molar-refractivity contribution in [2.45, 2.75) is 45.1 Å². The zero-order chi connectivity index (χ0) is 14.9. The molecule has 0 spiro atoms. The van der Waals surface area contributed by atoms with Crippen LogP contribution in [-0.4, -0.2) is 42.9 Å². The summed E-state index contributed by atoms with van der Waals surface area (Å²) < 4.78 is 11.2. The molecule has 1 aromatic heterocycles. The minimum atomic E-state index is 0.372. The fourth-order valence-electron chi connectivity index (χ4n) is 2.45. The molecule has 1 saturated heterocycles. The molecule has 118 valence electrons. The van der Waals surface area contributed by atoms with Gasteiger partial charge in [0.05, 0.1) is 13.2 Å². The van der Waals surface area contributed by atoms with Crippen LogP contribution in [0.5, 0.6) is 5.75 Å². The van der Waals surface area contributed by atoms with Gasteiger partial charge in [0.15, 0.2) is 11.6 Å². The molecule has 0 amide bonds. The van der Waals surface area contributed by atoms with E-state index in [0.717, 1.165) is 50.6 Å². The molecule has 6 nitrogen and oxygen atoms in total. The third kappa shape index (κ3) is 4.74. The van der Waals surface area contributed by atoms with E-state index in [0.29, 0.717) is 11.9 Å². The Hall–Kier alpha value is -1.56. The van der Waals surface area contributed by atoms with Gasteiger partial charge in [-0.2, -0.15) is 0 Å². The van der Waals surface area contributed by atoms with Crippen LogP contribution in [-0.2, 0) is 4.74 Å². The topological polar surface area (TPSA) is 68.3 Å². The molecule has 0 radical (unpaired) electrons. The van der Waals surface area contributed by atoms with Crippen molar-refractivity contribution in [2.24, 2.45) is 0 Å². The lowest BCUT2D eigenvalue weighted by molar-refractivity contribution is 0.0134. The van der Waals surface area contributed by atoms with Gasteiger partial charge in [0, 0.05) is 19.7 Å². The standard InChI is InChI=1S/C15H26N4O2/c1-3-8-16-14-13(20-2)15(19-11-18-14)17-9-7-12-6-4-5-10-21-12/h11-12H,3-10H2,1-2H3,(H2,16,17,18,19). The molecule has 6 heteroatoms. The molecule has 21 heavy (non-hydrogen) atoms. The van der Waals surface area contributed by atoms with Crippen molar-refractivity contribution >= 4 is 11.6 Å². The number of hydrogen-bond acceptors (Lipinski definition) is 6. The summed E-state index contributed by atoms with van der Waals surface area (Å²) in [6.07, 6.45) is 7.57. The second kappa shape index (κ2) is 8.67. The molecule has 0 aromatic carbocycles. The van der Waals surface area contributed by atoms with Gasteiger partial charge in [0.25, 0.3) is 0 Å². The Labute approximate surface area is 126 Å². The van der Waals surface area contributed by atoms with Crippen LogP contribution in [0.2, 0.25) is 0 Å². The zero-order valence-corrected chi connectivity index (χ0v) is 13.0. The van der Waals surface area contributed by atoms with Crippen molar-refractivity contribution in [3.63, 3.8) is 0 Å². The van der Waals surface area contributed by atoms with Crippen molar-refractivity contribution < 1.29 is 9.47 Å². The van der Waals surface area contributed by atoms with Crippen LogP contribution >= 0.6 is 0 Å². The monoisotopic (exact) mass is 294 g/mol. The number of ether oxygens (including phenoxy) is 2. The highest BCUT2D eigenvalue weighted by Crippen LogP contribution is 2.29. The van der Waals surface area contributed by atoms with Crippen LogP contribution in [0.15, 0.2) is 6.33 Å². The molecule has 0 saturated carbocycles. The highest BCUT2D eigenvalue weighted by molar-refractivity contribution is 5.63. The largest absolute Gasteiger partial charge is 0.490 e. The number of aromatic nitrogens is 2. The Bertz CT molecular complexity index is 422. The fraction of sp³-hybridized carbons (Fsp3) is 0.733. The van der Waals surface area contributed by atoms with Crippen LogP contribution in [0.3, 0.4) is 0 Å². The van der Waals surface area contributed by atoms with Crippen molar-refractivity contribution in [3.05, 3.63) is 6.33 Å². The van der Waals surface area contributed by atoms with Crippen molar-refractivity contribution in [2.75, 3.05) is 37.4 Å². The number of nitrogens with zero attached hydrogens (tertiary/aromatic N) is 2. The lowest BCUT2D eigenvalue weighted by Gasteiger charge is -2.22. The first-order valence-electron chi connectivity index (χ1n) is 7.83. The van der Waals surface area contributed by atoms with Gasteiger partial charge in [-0.05, 0) is 32.1 Å². The van der Waals surface area contributed by atoms with Crippen LogP contribution in [0.1, 0.15) is 39.0 Å². The van der Waals surface area contributed by atoms with E-state index in [1.807, 2.05) is 0 Å². The minimum Gasteiger partial charge on any atom is -0.490 e. The number of anilines is 2. The van der Waals surface area contributed by atoms with Gasteiger partial charge in [0.2, 0.25) is 5.75 Å². The first-order chi connectivity index (χ1) is 10.3. The summed E-state index contributed by atoms with van der Waals surface area (Å²) in [5, 5.41) is 6.59. The molecule has 2 N–H and O–H groups in total. The lowest BCUT2D eigenvalue weighted by atomic mass is 10.1. The maximum atomic E-state index is 5.73. The van der Waals surface area contributed by atoms with Gasteiger partial charge < -0.3 is 20.1 Å². The molecular formula is C15H26N4O2. The Morgan fingerprint density at radius 1 is 1.24 bits per heavy atom. The van der Waals surface area contributed by atoms with Crippen molar-refractivity contribution in [1.29, 1.82) is 0 Å². The van der Waals surface area contributed by atoms with E-state index in [2.05, 4.69) is 27.5 Å². The van der Waals surface area contributed by atoms with E-state index in [4.69, 9.17) is 9.47 Å². The van der Waals surface area contributed by atoms with E-state index in [-0.39, 0.29) is 0 Å². The van der Waals surface area contributed by atoms with E-state index >= 15 is 0 Å². The summed E-state index contributed by atoms with van der Waals surface area (Å²) in [6.45, 7) is 4.70. The zero-order valence-electron chi connectivity index (χ0n) is 13.0. The Balaban J connectivity index is 1.89. The number of nitrogens with one attached hydrogen (secondary N) is 2. The average molecular weight is 294 g/mol. The molecule has 2 rings (SSSR count). The molecule has 1 aliphatic heterocycles. The summed E-state index contributed by atoms with van der Waals surface area (Å²) in [7, 11) is 1.64. The van der Waals surface area contributed by atoms with E-state index < -0.39 is 0 Å². The number of rotatable bonds is 8. The van der Waals surface area contributed by atoms with Crippen molar-refractivity contribution in [3.8, 4) is 5.75 Å². The summed E-state index contributed by atoms with van der Waals surface area (Å²) in [5.74, 6) is 2.16. The van der Waals surface area contributed by atoms with Crippen LogP contribution in [0, 0.1) is 0 Å². The second-order valence-electron chi connectivity index (χ2n) is 5.23. The highest BCUT2D eigenvalue weighted by Gasteiger charge is 2.15. The highest BCUT2D eigenvalue weighted by atomic mass is 16.5. The molecular weight excluding hydrogens is 268 g/mol. The normalized spacial score (nSPS) is 18.3. The number of methoxy groups -OCH3 is 1. The van der Waals surface area contributed by atoms with E-state index in [1.165, 1.54) is 12.8 Å². The maximum Gasteiger partial charge on any atom is 0.204 e. The maximum absolute atomic E-state index is 5.73. The molecule has 0 bridgehead atoms. The summed E-state index contributed by atoms with van der Waals surface area (Å²) in [5.41, 5.74) is 0. The SMILES string of the molecule is CCCNc1ncnc(NCCC2CCCCO2)c1OC. The quantitative estimate of drug-likeness (QED) is 0.768. The smallest absolute Gasteiger partial charge is 0.204 e. The third-order valence-corrected chi connectivity index (χ3v) is 3.58. The summed E-state index contributed by atoms with van der Waals surface area (Å²) in [6, 6.07) is 0. The van der Waals surface area contributed by atoms with E-state index in [1.54, 1.807) is 13.4 Å². The Morgan fingerprint density at radius 3 is 2.62 bits per heavy atom. The van der Waals surface area contributed by atoms with Crippen LogP contribution in [0.4, 0.5) is 11.6 Å². The summed E-state index contributed by atoms with van der Waals surface area (Å²) in [4.78, 5) is 8.51. The molecule has 1 fully saturated rings. The molecule has 1 atom stereocenters. The molecule has 2 heterocycles. The van der Waals surface area contributed by atoms with Gasteiger partial charge in [-0.3, -0.25) is 0 Å². The predicted molar refractivity (Wildman–Crippen MR) is 84.1 cm³/mol. The fourth-order valence-corrected chi connectivity index (χ4v) is 2.45. The first kappa shape index (κ1) is 15.8. The Kier molecular flexibility index (Phi) is 6.53. The summed E-state index contributed by atoms with van der Waals surface area (Å²) >= 11 is 0. The number of hydrogen-bond donors (Lipinski definition) is 2. The minimum absolute atomic E-state index is 0.372. The van der Waals surface area contributed by atoms with Gasteiger partial charge in [0.1, 0.15) is 6.33 Å². The Morgan fingerprint density at radius 2 is 2.00 bits per heavy atom. The molecule has 1 aliphatic rings. The van der Waals surface area contributed by atoms with Crippen LogP contribution < -0.4 is 15.4 Å². The van der Waals surface area contributed by atoms with E-state index in [9.17, 15) is 0 Å². The van der Waals surface area contributed by atoms with Gasteiger partial charge in [-0.15, -0.1) is 0 Å². The first-order valence-corrected chi connectivity index (χ1v) is 7.83. The van der Waals surface area contributed by atoms with Gasteiger partial charge in [-0.25, -0.2) is 9.97 Å². The van der Waals surface area contributed by atoms with Crippen LogP contribution in [0.25, 0.3) is 0 Å². The second-order valence-corrected chi connectivity index (χ2v) is 5.23. The lowest BCUT2D eigenvalue weighted by Crippen LogP contribution is -2.22. The van der Waals surface area contributed by atoms with Gasteiger partial charge in [-0.1, -0.05) is 6.92 Å². The average Bonchev–Trinajstić information content (AvgIpc) is 2.54. The molecule has 1 aromatic rings. The van der Waals surface area contributed by atoms with Gasteiger partial charge >= 0.3 is 0 Å². The molecule has 0 aliphatic carbocycles. The van der Waals surface area contributed by atoms with Crippen molar-refractivity contribution in [1.82, 2.24) is 9.97 Å². The third-order valence-electron chi connectivity index (χ3n) is 3.58.